The Kier molecular flexibility index (Phi) is 4.22. The molecule has 146 valence electrons. The number of carbonyl (C=O) groups is 1. The van der Waals surface area contributed by atoms with Crippen molar-refractivity contribution >= 4 is 11.9 Å². The molecule has 28 heavy (non-hydrogen) atoms. The monoisotopic (exact) mass is 382 g/mol. The molecule has 0 saturated carbocycles. The maximum Gasteiger partial charge on any atom is 0.181 e. The summed E-state index contributed by atoms with van der Waals surface area (Å²) in [5, 5.41) is 10.4. The second-order valence-corrected chi connectivity index (χ2v) is 7.39. The zero-order valence-electron chi connectivity index (χ0n) is 16.2. The number of phenols is 1. The lowest BCUT2D eigenvalue weighted by molar-refractivity contribution is 0.0882. The van der Waals surface area contributed by atoms with Crippen LogP contribution < -0.4 is 18.9 Å². The summed E-state index contributed by atoms with van der Waals surface area (Å²) in [7, 11) is 3.09. The number of hydrogen-bond acceptors (Lipinski definition) is 6. The molecule has 0 saturated heterocycles. The van der Waals surface area contributed by atoms with Crippen molar-refractivity contribution in [1.29, 1.82) is 0 Å². The van der Waals surface area contributed by atoms with Crippen LogP contribution in [-0.2, 0) is 0 Å². The number of ketones is 1. The van der Waals surface area contributed by atoms with Crippen LogP contribution in [-0.4, -0.2) is 37.3 Å². The molecule has 1 atom stereocenters. The van der Waals surface area contributed by atoms with Gasteiger partial charge < -0.3 is 24.1 Å². The molecular weight excluding hydrogens is 360 g/mol. The van der Waals surface area contributed by atoms with Crippen LogP contribution in [0.15, 0.2) is 30.3 Å². The van der Waals surface area contributed by atoms with E-state index in [1.165, 1.54) is 13.2 Å². The summed E-state index contributed by atoms with van der Waals surface area (Å²) in [4.78, 5) is 13.3. The van der Waals surface area contributed by atoms with Gasteiger partial charge in [-0.15, -0.1) is 0 Å². The Morgan fingerprint density at radius 3 is 2.68 bits per heavy atom. The summed E-state index contributed by atoms with van der Waals surface area (Å²) < 4.78 is 22.6. The van der Waals surface area contributed by atoms with Gasteiger partial charge in [0.05, 0.1) is 25.7 Å². The van der Waals surface area contributed by atoms with Gasteiger partial charge in [0.15, 0.2) is 5.78 Å². The summed E-state index contributed by atoms with van der Waals surface area (Å²) >= 11 is 0. The number of ether oxygens (including phenoxy) is 4. The van der Waals surface area contributed by atoms with Crippen molar-refractivity contribution in [2.75, 3.05) is 20.8 Å². The van der Waals surface area contributed by atoms with E-state index in [9.17, 15) is 9.90 Å². The minimum absolute atomic E-state index is 0.144. The van der Waals surface area contributed by atoms with Crippen LogP contribution in [0, 0.1) is 0 Å². The molecule has 0 aliphatic carbocycles. The van der Waals surface area contributed by atoms with Gasteiger partial charge in [0.1, 0.15) is 46.5 Å². The van der Waals surface area contributed by atoms with Crippen molar-refractivity contribution in [3.63, 3.8) is 0 Å². The fourth-order valence-corrected chi connectivity index (χ4v) is 3.61. The van der Waals surface area contributed by atoms with Gasteiger partial charge in [-0.2, -0.15) is 0 Å². The first-order chi connectivity index (χ1) is 13.3. The molecule has 2 aliphatic rings. The minimum Gasteiger partial charge on any atom is -0.507 e. The second-order valence-electron chi connectivity index (χ2n) is 7.39. The van der Waals surface area contributed by atoms with Crippen LogP contribution >= 0.6 is 0 Å². The number of aromatic hydroxyl groups is 1. The smallest absolute Gasteiger partial charge is 0.181 e. The lowest BCUT2D eigenvalue weighted by Crippen LogP contribution is -2.31. The molecule has 0 radical (unpaired) electrons. The molecule has 2 heterocycles. The van der Waals surface area contributed by atoms with E-state index in [1.54, 1.807) is 13.2 Å². The van der Waals surface area contributed by atoms with Crippen molar-refractivity contribution in [3.05, 3.63) is 47.0 Å². The van der Waals surface area contributed by atoms with Gasteiger partial charge >= 0.3 is 0 Å². The molecule has 4 rings (SSSR count). The molecular formula is C22H22O6. The van der Waals surface area contributed by atoms with Gasteiger partial charge in [0.2, 0.25) is 0 Å². The number of Topliss-reactive ketones (excluding diaryl/α,β-unsaturated/α-hetero) is 1. The van der Waals surface area contributed by atoms with Gasteiger partial charge in [-0.3, -0.25) is 4.79 Å². The van der Waals surface area contributed by atoms with Crippen molar-refractivity contribution in [1.82, 2.24) is 0 Å². The normalized spacial score (nSPS) is 19.1. The lowest BCUT2D eigenvalue weighted by Gasteiger charge is -2.33. The number of hydrogen-bond donors (Lipinski definition) is 1. The number of carbonyl (C=O) groups excluding carboxylic acids is 1. The molecule has 0 unspecified atom stereocenters. The molecule has 0 fully saturated rings. The molecule has 6 nitrogen and oxygen atoms in total. The number of phenolic OH excluding ortho intramolecular Hbond substituents is 1. The van der Waals surface area contributed by atoms with E-state index in [0.717, 1.165) is 5.56 Å². The van der Waals surface area contributed by atoms with Crippen LogP contribution in [0.2, 0.25) is 0 Å². The third kappa shape index (κ3) is 2.85. The molecule has 0 bridgehead atoms. The fraction of sp³-hybridized carbons (Fsp3) is 0.318. The largest absolute Gasteiger partial charge is 0.507 e. The summed E-state index contributed by atoms with van der Waals surface area (Å²) in [6.45, 7) is 4.04. The highest BCUT2D eigenvalue weighted by Crippen LogP contribution is 2.46. The Bertz CT molecular complexity index is 989. The molecule has 0 amide bonds. The van der Waals surface area contributed by atoms with Gasteiger partial charge in [-0.1, -0.05) is 6.07 Å². The van der Waals surface area contributed by atoms with Gasteiger partial charge in [0.25, 0.3) is 0 Å². The third-order valence-corrected chi connectivity index (χ3v) is 5.06. The summed E-state index contributed by atoms with van der Waals surface area (Å²) in [6.07, 6.45) is 3.90. The minimum atomic E-state index is -0.603. The van der Waals surface area contributed by atoms with Crippen LogP contribution in [0.5, 0.6) is 28.7 Å². The van der Waals surface area contributed by atoms with Gasteiger partial charge in [-0.05, 0) is 32.1 Å². The standard InChI is InChI=1S/C22H22O6/c1-22(2)8-7-14-17(26-4)6-5-13(21(14)28-22)15-11-27-18-10-12(25-3)9-16(23)19(18)20(15)24/h5-10,15,23H,11H2,1-4H3/t15-/m1/s1. The highest BCUT2D eigenvalue weighted by atomic mass is 16.5. The van der Waals surface area contributed by atoms with E-state index in [1.807, 2.05) is 38.1 Å². The van der Waals surface area contributed by atoms with Crippen molar-refractivity contribution in [2.24, 2.45) is 0 Å². The van der Waals surface area contributed by atoms with Gasteiger partial charge in [-0.25, -0.2) is 0 Å². The van der Waals surface area contributed by atoms with Crippen molar-refractivity contribution in [3.8, 4) is 28.7 Å². The first-order valence-corrected chi connectivity index (χ1v) is 9.02. The second kappa shape index (κ2) is 6.48. The Labute approximate surface area is 163 Å². The number of rotatable bonds is 3. The molecule has 2 aromatic carbocycles. The van der Waals surface area contributed by atoms with E-state index in [2.05, 4.69) is 0 Å². The molecule has 0 aromatic heterocycles. The quantitative estimate of drug-likeness (QED) is 0.866. The Morgan fingerprint density at radius 2 is 1.96 bits per heavy atom. The number of fused-ring (bicyclic) bond motifs is 2. The lowest BCUT2D eigenvalue weighted by atomic mass is 9.85. The van der Waals surface area contributed by atoms with Crippen LogP contribution in [0.1, 0.15) is 41.3 Å². The molecule has 0 spiro atoms. The molecule has 2 aromatic rings. The Morgan fingerprint density at radius 1 is 1.18 bits per heavy atom. The maximum absolute atomic E-state index is 13.3. The highest BCUT2D eigenvalue weighted by molar-refractivity contribution is 6.07. The predicted octanol–water partition coefficient (Wildman–Crippen LogP) is 3.95. The SMILES string of the molecule is COc1cc(O)c2c(c1)OC[C@H](c1ccc(OC)c3c1OC(C)(C)C=C3)C2=O. The summed E-state index contributed by atoms with van der Waals surface area (Å²) in [6, 6.07) is 6.66. The molecule has 2 aliphatic heterocycles. The number of benzene rings is 2. The summed E-state index contributed by atoms with van der Waals surface area (Å²) in [5.74, 6) is 1.04. The van der Waals surface area contributed by atoms with Gasteiger partial charge in [0, 0.05) is 17.7 Å². The van der Waals surface area contributed by atoms with Crippen LogP contribution in [0.4, 0.5) is 0 Å². The number of methoxy groups -OCH3 is 2. The average molecular weight is 382 g/mol. The van der Waals surface area contributed by atoms with Crippen LogP contribution in [0.25, 0.3) is 6.08 Å². The first kappa shape index (κ1) is 18.2. The van der Waals surface area contributed by atoms with E-state index in [4.69, 9.17) is 18.9 Å². The highest BCUT2D eigenvalue weighted by Gasteiger charge is 2.37. The van der Waals surface area contributed by atoms with E-state index in [0.29, 0.717) is 28.6 Å². The topological polar surface area (TPSA) is 74.2 Å². The van der Waals surface area contributed by atoms with Crippen molar-refractivity contribution < 1.29 is 28.8 Å². The first-order valence-electron chi connectivity index (χ1n) is 9.02. The zero-order chi connectivity index (χ0) is 20.1. The van der Waals surface area contributed by atoms with E-state index >= 15 is 0 Å². The Hall–Kier alpha value is -3.15. The fourth-order valence-electron chi connectivity index (χ4n) is 3.61. The predicted molar refractivity (Wildman–Crippen MR) is 104 cm³/mol. The van der Waals surface area contributed by atoms with Crippen molar-refractivity contribution in [2.45, 2.75) is 25.4 Å². The average Bonchev–Trinajstić information content (AvgIpc) is 2.66. The summed E-state index contributed by atoms with van der Waals surface area (Å²) in [5.41, 5.74) is 1.14. The van der Waals surface area contributed by atoms with E-state index in [-0.39, 0.29) is 23.7 Å². The maximum atomic E-state index is 13.3. The Balaban J connectivity index is 1.81. The third-order valence-electron chi connectivity index (χ3n) is 5.06. The molecule has 6 heteroatoms. The zero-order valence-corrected chi connectivity index (χ0v) is 16.2. The molecule has 1 N–H and O–H groups in total. The van der Waals surface area contributed by atoms with Crippen LogP contribution in [0.3, 0.4) is 0 Å². The van der Waals surface area contributed by atoms with E-state index < -0.39 is 11.5 Å².